The first kappa shape index (κ1) is 17.3. The number of aromatic nitrogens is 2. The standard InChI is InChI=1S/C19H13F2N3O2S/c1-10-5-6-11(20)7-13(10)23-15(25)8-24-9-22-17-16-12(21)3-2-4-14(16)27-18(17)19(24)26/h2-7,9H,8H2,1H3,(H,23,25). The monoisotopic (exact) mass is 385 g/mol. The van der Waals surface area contributed by atoms with Crippen LogP contribution in [0.2, 0.25) is 0 Å². The Balaban J connectivity index is 1.68. The average molecular weight is 385 g/mol. The van der Waals surface area contributed by atoms with Crippen molar-refractivity contribution >= 4 is 43.2 Å². The van der Waals surface area contributed by atoms with Gasteiger partial charge in [-0.1, -0.05) is 12.1 Å². The Kier molecular flexibility index (Phi) is 4.19. The number of rotatable bonds is 3. The second-order valence-electron chi connectivity index (χ2n) is 6.08. The van der Waals surface area contributed by atoms with Crippen LogP contribution in [0.1, 0.15) is 5.56 Å². The summed E-state index contributed by atoms with van der Waals surface area (Å²) in [5.41, 5.74) is 0.902. The quantitative estimate of drug-likeness (QED) is 0.583. The lowest BCUT2D eigenvalue weighted by Gasteiger charge is -2.09. The molecule has 0 aliphatic rings. The normalized spacial score (nSPS) is 11.2. The van der Waals surface area contributed by atoms with E-state index < -0.39 is 23.1 Å². The van der Waals surface area contributed by atoms with E-state index in [-0.39, 0.29) is 16.8 Å². The van der Waals surface area contributed by atoms with Crippen molar-refractivity contribution < 1.29 is 13.6 Å². The third kappa shape index (κ3) is 3.08. The maximum atomic E-state index is 14.1. The van der Waals surface area contributed by atoms with Gasteiger partial charge in [-0.05, 0) is 36.8 Å². The number of hydrogen-bond donors (Lipinski definition) is 1. The fourth-order valence-corrected chi connectivity index (χ4v) is 3.97. The van der Waals surface area contributed by atoms with Crippen molar-refractivity contribution in [3.05, 3.63) is 70.3 Å². The number of aryl methyl sites for hydroxylation is 1. The molecule has 27 heavy (non-hydrogen) atoms. The van der Waals surface area contributed by atoms with Crippen molar-refractivity contribution in [3.63, 3.8) is 0 Å². The van der Waals surface area contributed by atoms with Crippen molar-refractivity contribution in [1.82, 2.24) is 9.55 Å². The number of anilines is 1. The molecular weight excluding hydrogens is 372 g/mol. The number of carbonyl (C=O) groups excluding carboxylic acids is 1. The van der Waals surface area contributed by atoms with Gasteiger partial charge in [-0.25, -0.2) is 13.8 Å². The van der Waals surface area contributed by atoms with E-state index in [1.807, 2.05) is 0 Å². The van der Waals surface area contributed by atoms with Gasteiger partial charge in [-0.15, -0.1) is 11.3 Å². The first-order valence-corrected chi connectivity index (χ1v) is 8.88. The summed E-state index contributed by atoms with van der Waals surface area (Å²) in [7, 11) is 0. The molecule has 136 valence electrons. The van der Waals surface area contributed by atoms with Crippen LogP contribution in [-0.4, -0.2) is 15.5 Å². The first-order chi connectivity index (χ1) is 12.9. The van der Waals surface area contributed by atoms with E-state index in [2.05, 4.69) is 10.3 Å². The average Bonchev–Trinajstić information content (AvgIpc) is 3.01. The number of fused-ring (bicyclic) bond motifs is 3. The van der Waals surface area contributed by atoms with Crippen LogP contribution in [0.25, 0.3) is 20.3 Å². The van der Waals surface area contributed by atoms with Gasteiger partial charge in [-0.2, -0.15) is 0 Å². The minimum atomic E-state index is -0.487. The third-order valence-corrected chi connectivity index (χ3v) is 5.34. The first-order valence-electron chi connectivity index (χ1n) is 8.06. The molecule has 1 amide bonds. The molecule has 0 bridgehead atoms. The highest BCUT2D eigenvalue weighted by molar-refractivity contribution is 7.25. The Hall–Kier alpha value is -3.13. The largest absolute Gasteiger partial charge is 0.324 e. The fraction of sp³-hybridized carbons (Fsp3) is 0.105. The zero-order valence-corrected chi connectivity index (χ0v) is 14.9. The van der Waals surface area contributed by atoms with E-state index in [1.165, 1.54) is 24.5 Å². The number of carbonyl (C=O) groups is 1. The van der Waals surface area contributed by atoms with Gasteiger partial charge >= 0.3 is 0 Å². The number of hydrogen-bond acceptors (Lipinski definition) is 4. The van der Waals surface area contributed by atoms with Crippen molar-refractivity contribution in [2.45, 2.75) is 13.5 Å². The Labute approximate surface area is 155 Å². The molecule has 5 nitrogen and oxygen atoms in total. The summed E-state index contributed by atoms with van der Waals surface area (Å²) >= 11 is 1.13. The van der Waals surface area contributed by atoms with Crippen LogP contribution in [-0.2, 0) is 11.3 Å². The molecule has 2 heterocycles. The summed E-state index contributed by atoms with van der Waals surface area (Å²) in [4.78, 5) is 29.1. The lowest BCUT2D eigenvalue weighted by atomic mass is 10.2. The van der Waals surface area contributed by atoms with Crippen LogP contribution >= 0.6 is 11.3 Å². The number of thiophene rings is 1. The second kappa shape index (κ2) is 6.55. The molecule has 0 saturated carbocycles. The van der Waals surface area contributed by atoms with Crippen molar-refractivity contribution in [2.24, 2.45) is 0 Å². The van der Waals surface area contributed by atoms with Gasteiger partial charge in [0, 0.05) is 10.4 Å². The Bertz CT molecular complexity index is 1260. The molecule has 2 aromatic heterocycles. The molecule has 0 aliphatic carbocycles. The lowest BCUT2D eigenvalue weighted by Crippen LogP contribution is -2.27. The summed E-state index contributed by atoms with van der Waals surface area (Å²) in [6.45, 7) is 1.45. The molecule has 4 rings (SSSR count). The van der Waals surface area contributed by atoms with E-state index in [1.54, 1.807) is 25.1 Å². The summed E-state index contributed by atoms with van der Waals surface area (Å²) in [6, 6.07) is 8.67. The predicted molar refractivity (Wildman–Crippen MR) is 101 cm³/mol. The van der Waals surface area contributed by atoms with Crippen LogP contribution in [0, 0.1) is 18.6 Å². The molecule has 0 spiro atoms. The minimum absolute atomic E-state index is 0.283. The molecule has 0 aliphatic heterocycles. The minimum Gasteiger partial charge on any atom is -0.324 e. The maximum Gasteiger partial charge on any atom is 0.271 e. The van der Waals surface area contributed by atoms with Gasteiger partial charge in [0.2, 0.25) is 5.91 Å². The summed E-state index contributed by atoms with van der Waals surface area (Å²) in [5, 5.41) is 2.89. The zero-order chi connectivity index (χ0) is 19.1. The number of nitrogens with zero attached hydrogens (tertiary/aromatic N) is 2. The summed E-state index contributed by atoms with van der Waals surface area (Å²) < 4.78 is 29.5. The predicted octanol–water partition coefficient (Wildman–Crippen LogP) is 3.84. The molecule has 0 radical (unpaired) electrons. The van der Waals surface area contributed by atoms with Crippen molar-refractivity contribution in [1.29, 1.82) is 0 Å². The zero-order valence-electron chi connectivity index (χ0n) is 14.1. The summed E-state index contributed by atoms with van der Waals surface area (Å²) in [5.74, 6) is -1.40. The highest BCUT2D eigenvalue weighted by Gasteiger charge is 2.16. The molecule has 0 fully saturated rings. The molecule has 0 unspecified atom stereocenters. The molecule has 2 aromatic carbocycles. The smallest absolute Gasteiger partial charge is 0.271 e. The SMILES string of the molecule is Cc1ccc(F)cc1NC(=O)Cn1cnc2c(sc3cccc(F)c32)c1=O. The Morgan fingerprint density at radius 1 is 1.26 bits per heavy atom. The van der Waals surface area contributed by atoms with E-state index in [4.69, 9.17) is 0 Å². The lowest BCUT2D eigenvalue weighted by molar-refractivity contribution is -0.116. The molecule has 4 aromatic rings. The Morgan fingerprint density at radius 3 is 2.89 bits per heavy atom. The molecule has 0 atom stereocenters. The van der Waals surface area contributed by atoms with Crippen LogP contribution in [0.4, 0.5) is 14.5 Å². The van der Waals surface area contributed by atoms with Gasteiger partial charge in [0.15, 0.2) is 0 Å². The molecule has 0 saturated heterocycles. The number of halogens is 2. The highest BCUT2D eigenvalue weighted by Crippen LogP contribution is 2.31. The van der Waals surface area contributed by atoms with Crippen molar-refractivity contribution in [3.8, 4) is 0 Å². The van der Waals surface area contributed by atoms with E-state index in [0.717, 1.165) is 15.9 Å². The third-order valence-electron chi connectivity index (χ3n) is 4.21. The number of amides is 1. The van der Waals surface area contributed by atoms with E-state index >= 15 is 0 Å². The molecule has 8 heteroatoms. The van der Waals surface area contributed by atoms with Crippen LogP contribution in [0.15, 0.2) is 47.5 Å². The van der Waals surface area contributed by atoms with Gasteiger partial charge in [-0.3, -0.25) is 14.2 Å². The van der Waals surface area contributed by atoms with Crippen LogP contribution < -0.4 is 10.9 Å². The van der Waals surface area contributed by atoms with Gasteiger partial charge in [0.1, 0.15) is 22.9 Å². The Morgan fingerprint density at radius 2 is 2.07 bits per heavy atom. The van der Waals surface area contributed by atoms with Crippen LogP contribution in [0.3, 0.4) is 0 Å². The van der Waals surface area contributed by atoms with E-state index in [0.29, 0.717) is 21.3 Å². The number of benzene rings is 2. The number of nitrogens with one attached hydrogen (secondary N) is 1. The second-order valence-corrected chi connectivity index (χ2v) is 7.13. The molecular formula is C19H13F2N3O2S. The fourth-order valence-electron chi connectivity index (χ4n) is 2.86. The van der Waals surface area contributed by atoms with E-state index in [9.17, 15) is 18.4 Å². The van der Waals surface area contributed by atoms with Crippen LogP contribution in [0.5, 0.6) is 0 Å². The maximum absolute atomic E-state index is 14.1. The van der Waals surface area contributed by atoms with Gasteiger partial charge in [0.05, 0.1) is 17.2 Å². The molecule has 1 N–H and O–H groups in total. The van der Waals surface area contributed by atoms with Gasteiger partial charge < -0.3 is 5.32 Å². The highest BCUT2D eigenvalue weighted by atomic mass is 32.1. The summed E-state index contributed by atoms with van der Waals surface area (Å²) in [6.07, 6.45) is 1.22. The van der Waals surface area contributed by atoms with Crippen molar-refractivity contribution in [2.75, 3.05) is 5.32 Å². The van der Waals surface area contributed by atoms with Gasteiger partial charge in [0.25, 0.3) is 5.56 Å². The topological polar surface area (TPSA) is 64.0 Å².